The number of aryl methyl sites for hydroxylation is 2. The topological polar surface area (TPSA) is 40.8 Å². The van der Waals surface area contributed by atoms with E-state index in [1.807, 2.05) is 12.1 Å². The van der Waals surface area contributed by atoms with Crippen LogP contribution in [0.2, 0.25) is 0 Å². The molecule has 3 heteroatoms. The second-order valence-corrected chi connectivity index (χ2v) is 13.3. The molecular formula is C40H39N2O+. The number of nitriles is 1. The van der Waals surface area contributed by atoms with Crippen molar-refractivity contribution < 1.29 is 8.98 Å². The maximum atomic E-state index is 10.2. The fraction of sp³-hybridized carbons (Fsp3) is 0.250. The van der Waals surface area contributed by atoms with Crippen LogP contribution in [0.3, 0.4) is 0 Å². The van der Waals surface area contributed by atoms with Gasteiger partial charge in [-0.15, -0.1) is 0 Å². The number of benzene rings is 4. The fourth-order valence-corrected chi connectivity index (χ4v) is 6.17. The van der Waals surface area contributed by atoms with E-state index in [1.54, 1.807) is 0 Å². The minimum atomic E-state index is 0.188. The summed E-state index contributed by atoms with van der Waals surface area (Å²) < 4.78 is 9.00. The second kappa shape index (κ2) is 10.9. The number of hydrogen-bond acceptors (Lipinski definition) is 2. The molecule has 2 aromatic heterocycles. The van der Waals surface area contributed by atoms with Crippen molar-refractivity contribution in [2.75, 3.05) is 0 Å². The van der Waals surface area contributed by atoms with Crippen molar-refractivity contribution in [3.63, 3.8) is 0 Å². The molecule has 43 heavy (non-hydrogen) atoms. The van der Waals surface area contributed by atoms with Gasteiger partial charge in [-0.1, -0.05) is 95.3 Å². The summed E-state index contributed by atoms with van der Waals surface area (Å²) in [6.07, 6.45) is 3.14. The number of nitrogens with zero attached hydrogens (tertiary/aromatic N) is 2. The van der Waals surface area contributed by atoms with Gasteiger partial charge < -0.3 is 4.42 Å². The van der Waals surface area contributed by atoms with E-state index < -0.39 is 0 Å². The van der Waals surface area contributed by atoms with Gasteiger partial charge in [0.05, 0.1) is 17.2 Å². The molecule has 0 spiro atoms. The standard InChI is InChI=1S/C40H39N2O/c1-25(2)28-9-11-29(12-10-28)30-13-15-31(16-14-30)37-32(24-41)17-19-34-33-18-8-26(3)36(38(33)43-39(34)37)35-22-27(20-21-42(35)7)23-40(4,5)6/h8-22,25H,23H2,1-7H3/q+1. The molecule has 0 bridgehead atoms. The zero-order chi connectivity index (χ0) is 30.5. The molecule has 0 amide bonds. The summed E-state index contributed by atoms with van der Waals surface area (Å²) in [6.45, 7) is 13.4. The number of furan rings is 1. The van der Waals surface area contributed by atoms with Crippen molar-refractivity contribution in [1.29, 1.82) is 5.26 Å². The Morgan fingerprint density at radius 1 is 0.767 bits per heavy atom. The summed E-state index contributed by atoms with van der Waals surface area (Å²) >= 11 is 0. The molecule has 0 N–H and O–H groups in total. The van der Waals surface area contributed by atoms with E-state index in [2.05, 4.69) is 138 Å². The predicted molar refractivity (Wildman–Crippen MR) is 178 cm³/mol. The number of aromatic nitrogens is 1. The summed E-state index contributed by atoms with van der Waals surface area (Å²) in [7, 11) is 2.09. The number of pyridine rings is 1. The van der Waals surface area contributed by atoms with E-state index in [0.29, 0.717) is 11.5 Å². The SMILES string of the molecule is Cc1ccc2c(oc3c(-c4ccc(-c5ccc(C(C)C)cc5)cc4)c(C#N)ccc32)c1-c1cc(CC(C)(C)C)cc[n+]1C. The average Bonchev–Trinajstić information content (AvgIpc) is 3.35. The maximum Gasteiger partial charge on any atom is 0.216 e. The second-order valence-electron chi connectivity index (χ2n) is 13.3. The molecule has 6 rings (SSSR count). The van der Waals surface area contributed by atoms with Crippen molar-refractivity contribution in [2.45, 2.75) is 53.9 Å². The third-order valence-electron chi connectivity index (χ3n) is 8.43. The summed E-state index contributed by atoms with van der Waals surface area (Å²) in [6, 6.07) is 32.5. The Bertz CT molecular complexity index is 2010. The fourth-order valence-electron chi connectivity index (χ4n) is 6.17. The number of fused-ring (bicyclic) bond motifs is 3. The largest absolute Gasteiger partial charge is 0.454 e. The van der Waals surface area contributed by atoms with Crippen LogP contribution in [0.4, 0.5) is 0 Å². The van der Waals surface area contributed by atoms with Gasteiger partial charge in [0.15, 0.2) is 6.20 Å². The van der Waals surface area contributed by atoms with Gasteiger partial charge in [-0.05, 0) is 70.2 Å². The average molecular weight is 564 g/mol. The Balaban J connectivity index is 1.51. The first kappa shape index (κ1) is 28.4. The van der Waals surface area contributed by atoms with E-state index in [9.17, 15) is 5.26 Å². The lowest BCUT2D eigenvalue weighted by Crippen LogP contribution is -2.31. The van der Waals surface area contributed by atoms with E-state index in [4.69, 9.17) is 4.42 Å². The molecule has 2 heterocycles. The van der Waals surface area contributed by atoms with Crippen LogP contribution in [0.15, 0.2) is 95.5 Å². The highest BCUT2D eigenvalue weighted by atomic mass is 16.3. The van der Waals surface area contributed by atoms with Gasteiger partial charge in [0.2, 0.25) is 5.69 Å². The molecule has 214 valence electrons. The third kappa shape index (κ3) is 5.35. The Morgan fingerprint density at radius 3 is 1.95 bits per heavy atom. The maximum absolute atomic E-state index is 10.2. The van der Waals surface area contributed by atoms with Gasteiger partial charge >= 0.3 is 0 Å². The molecule has 0 atom stereocenters. The minimum Gasteiger partial charge on any atom is -0.454 e. The first-order chi connectivity index (χ1) is 20.5. The van der Waals surface area contributed by atoms with Crippen LogP contribution in [-0.4, -0.2) is 0 Å². The van der Waals surface area contributed by atoms with Crippen molar-refractivity contribution in [3.05, 3.63) is 113 Å². The van der Waals surface area contributed by atoms with Crippen LogP contribution in [0.25, 0.3) is 55.4 Å². The van der Waals surface area contributed by atoms with Crippen LogP contribution in [0, 0.1) is 23.7 Å². The lowest BCUT2D eigenvalue weighted by molar-refractivity contribution is -0.660. The number of hydrogen-bond donors (Lipinski definition) is 0. The lowest BCUT2D eigenvalue weighted by Gasteiger charge is -2.18. The summed E-state index contributed by atoms with van der Waals surface area (Å²) in [5.41, 5.74) is 12.6. The van der Waals surface area contributed by atoms with E-state index in [1.165, 1.54) is 16.7 Å². The molecule has 0 unspecified atom stereocenters. The Hall–Kier alpha value is -4.68. The van der Waals surface area contributed by atoms with Crippen molar-refractivity contribution >= 4 is 21.9 Å². The first-order valence-electron chi connectivity index (χ1n) is 15.1. The van der Waals surface area contributed by atoms with Crippen molar-refractivity contribution in [3.8, 4) is 39.6 Å². The van der Waals surface area contributed by atoms with Gasteiger partial charge in [-0.25, -0.2) is 4.57 Å². The number of rotatable bonds is 5. The van der Waals surface area contributed by atoms with Crippen LogP contribution in [-0.2, 0) is 13.5 Å². The third-order valence-corrected chi connectivity index (χ3v) is 8.43. The van der Waals surface area contributed by atoms with Gasteiger partial charge in [0.25, 0.3) is 0 Å². The smallest absolute Gasteiger partial charge is 0.216 e. The van der Waals surface area contributed by atoms with Gasteiger partial charge in [0.1, 0.15) is 18.2 Å². The van der Waals surface area contributed by atoms with Crippen LogP contribution >= 0.6 is 0 Å². The highest BCUT2D eigenvalue weighted by Gasteiger charge is 2.24. The zero-order valence-corrected chi connectivity index (χ0v) is 26.2. The normalized spacial score (nSPS) is 11.9. The Kier molecular flexibility index (Phi) is 7.18. The minimum absolute atomic E-state index is 0.188. The van der Waals surface area contributed by atoms with E-state index in [0.717, 1.165) is 61.9 Å². The molecule has 0 aliphatic rings. The monoisotopic (exact) mass is 563 g/mol. The lowest BCUT2D eigenvalue weighted by atomic mass is 9.87. The summed E-state index contributed by atoms with van der Waals surface area (Å²) in [5, 5.41) is 12.2. The van der Waals surface area contributed by atoms with Crippen molar-refractivity contribution in [1.82, 2.24) is 0 Å². The Labute approximate surface area is 255 Å². The molecule has 6 aromatic rings. The highest BCUT2D eigenvalue weighted by molar-refractivity contribution is 6.14. The first-order valence-corrected chi connectivity index (χ1v) is 15.1. The Morgan fingerprint density at radius 2 is 1.35 bits per heavy atom. The quantitative estimate of drug-likeness (QED) is 0.196. The summed E-state index contributed by atoms with van der Waals surface area (Å²) in [5.74, 6) is 0.504. The van der Waals surface area contributed by atoms with Gasteiger partial charge in [0, 0.05) is 28.5 Å². The van der Waals surface area contributed by atoms with Gasteiger partial charge in [-0.2, -0.15) is 5.26 Å². The van der Waals surface area contributed by atoms with E-state index >= 15 is 0 Å². The van der Waals surface area contributed by atoms with Crippen LogP contribution in [0.1, 0.15) is 62.8 Å². The van der Waals surface area contributed by atoms with E-state index in [-0.39, 0.29) is 5.41 Å². The predicted octanol–water partition coefficient (Wildman–Crippen LogP) is 10.3. The van der Waals surface area contributed by atoms with Crippen LogP contribution < -0.4 is 4.57 Å². The molecular weight excluding hydrogens is 524 g/mol. The van der Waals surface area contributed by atoms with Gasteiger partial charge in [-0.3, -0.25) is 0 Å². The molecule has 0 aliphatic heterocycles. The molecule has 0 saturated heterocycles. The van der Waals surface area contributed by atoms with Crippen LogP contribution in [0.5, 0.6) is 0 Å². The molecule has 4 aromatic carbocycles. The zero-order valence-electron chi connectivity index (χ0n) is 26.2. The highest BCUT2D eigenvalue weighted by Crippen LogP contribution is 2.42. The molecule has 0 fully saturated rings. The molecule has 0 aliphatic carbocycles. The summed E-state index contributed by atoms with van der Waals surface area (Å²) in [4.78, 5) is 0. The van der Waals surface area contributed by atoms with Crippen molar-refractivity contribution in [2.24, 2.45) is 12.5 Å². The molecule has 3 nitrogen and oxygen atoms in total. The molecule has 0 radical (unpaired) electrons. The molecule has 0 saturated carbocycles.